The van der Waals surface area contributed by atoms with Crippen molar-refractivity contribution in [2.24, 2.45) is 5.73 Å². The zero-order valence-electron chi connectivity index (χ0n) is 5.66. The second-order valence-electron chi connectivity index (χ2n) is 1.67. The molecule has 0 saturated carbocycles. The second-order valence-corrected chi connectivity index (χ2v) is 1.67. The van der Waals surface area contributed by atoms with Crippen LogP contribution in [0.15, 0.2) is 12.7 Å². The molecular formula is C6H9NO3. The van der Waals surface area contributed by atoms with Gasteiger partial charge in [-0.2, -0.15) is 0 Å². The molecule has 1 atom stereocenters. The summed E-state index contributed by atoms with van der Waals surface area (Å²) in [6.45, 7) is 4.45. The SMILES string of the molecule is C=CC(OC(C)=O)C(N)=O. The fraction of sp³-hybridized carbons (Fsp3) is 0.333. The van der Waals surface area contributed by atoms with Crippen LogP contribution in [0.5, 0.6) is 0 Å². The molecule has 4 nitrogen and oxygen atoms in total. The number of amides is 1. The first-order valence-electron chi connectivity index (χ1n) is 2.67. The molecule has 0 saturated heterocycles. The van der Waals surface area contributed by atoms with E-state index in [-0.39, 0.29) is 0 Å². The van der Waals surface area contributed by atoms with Gasteiger partial charge in [0.25, 0.3) is 5.91 Å². The standard InChI is InChI=1S/C6H9NO3/c1-3-5(6(7)9)10-4(2)8/h3,5H,1H2,2H3,(H2,7,9). The van der Waals surface area contributed by atoms with Crippen LogP contribution in [0.25, 0.3) is 0 Å². The minimum Gasteiger partial charge on any atom is -0.448 e. The van der Waals surface area contributed by atoms with Gasteiger partial charge in [-0.15, -0.1) is 0 Å². The molecule has 56 valence electrons. The van der Waals surface area contributed by atoms with Crippen LogP contribution in [-0.4, -0.2) is 18.0 Å². The fourth-order valence-corrected chi connectivity index (χ4v) is 0.401. The van der Waals surface area contributed by atoms with E-state index in [1.807, 2.05) is 0 Å². The molecule has 1 unspecified atom stereocenters. The van der Waals surface area contributed by atoms with E-state index in [9.17, 15) is 9.59 Å². The van der Waals surface area contributed by atoms with Gasteiger partial charge in [-0.3, -0.25) is 9.59 Å². The van der Waals surface area contributed by atoms with Crippen LogP contribution in [0.3, 0.4) is 0 Å². The molecule has 0 fully saturated rings. The highest BCUT2D eigenvalue weighted by molar-refractivity contribution is 5.83. The number of ether oxygens (including phenoxy) is 1. The lowest BCUT2D eigenvalue weighted by Gasteiger charge is -2.06. The summed E-state index contributed by atoms with van der Waals surface area (Å²) in [6, 6.07) is 0. The monoisotopic (exact) mass is 143 g/mol. The van der Waals surface area contributed by atoms with Crippen molar-refractivity contribution < 1.29 is 14.3 Å². The Morgan fingerprint density at radius 1 is 1.70 bits per heavy atom. The van der Waals surface area contributed by atoms with Crippen LogP contribution in [-0.2, 0) is 14.3 Å². The van der Waals surface area contributed by atoms with E-state index in [1.54, 1.807) is 0 Å². The van der Waals surface area contributed by atoms with Crippen molar-refractivity contribution in [3.63, 3.8) is 0 Å². The van der Waals surface area contributed by atoms with E-state index in [1.165, 1.54) is 13.0 Å². The summed E-state index contributed by atoms with van der Waals surface area (Å²) in [4.78, 5) is 20.6. The van der Waals surface area contributed by atoms with Gasteiger partial charge in [-0.1, -0.05) is 6.58 Å². The quantitative estimate of drug-likeness (QED) is 0.431. The third-order valence-electron chi connectivity index (χ3n) is 0.787. The van der Waals surface area contributed by atoms with Crippen LogP contribution in [0.4, 0.5) is 0 Å². The predicted molar refractivity (Wildman–Crippen MR) is 34.9 cm³/mol. The Morgan fingerprint density at radius 3 is 2.30 bits per heavy atom. The molecular weight excluding hydrogens is 134 g/mol. The van der Waals surface area contributed by atoms with Crippen LogP contribution >= 0.6 is 0 Å². The Morgan fingerprint density at radius 2 is 2.20 bits per heavy atom. The Bertz CT molecular complexity index is 164. The van der Waals surface area contributed by atoms with Crippen molar-refractivity contribution in [2.75, 3.05) is 0 Å². The van der Waals surface area contributed by atoms with Gasteiger partial charge in [0.2, 0.25) is 0 Å². The topological polar surface area (TPSA) is 69.4 Å². The van der Waals surface area contributed by atoms with Gasteiger partial charge < -0.3 is 10.5 Å². The average molecular weight is 143 g/mol. The molecule has 0 bridgehead atoms. The van der Waals surface area contributed by atoms with E-state index < -0.39 is 18.0 Å². The summed E-state index contributed by atoms with van der Waals surface area (Å²) in [6.07, 6.45) is 0.168. The first kappa shape index (κ1) is 8.68. The summed E-state index contributed by atoms with van der Waals surface area (Å²) < 4.78 is 4.43. The number of rotatable bonds is 3. The summed E-state index contributed by atoms with van der Waals surface area (Å²) in [5, 5.41) is 0. The van der Waals surface area contributed by atoms with Crippen LogP contribution in [0, 0.1) is 0 Å². The smallest absolute Gasteiger partial charge is 0.303 e. The van der Waals surface area contributed by atoms with E-state index in [4.69, 9.17) is 5.73 Å². The highest BCUT2D eigenvalue weighted by Crippen LogP contribution is 1.91. The molecule has 1 amide bonds. The zero-order valence-corrected chi connectivity index (χ0v) is 5.66. The second kappa shape index (κ2) is 3.66. The normalized spacial score (nSPS) is 11.7. The van der Waals surface area contributed by atoms with Gasteiger partial charge in [-0.05, 0) is 6.08 Å². The van der Waals surface area contributed by atoms with Gasteiger partial charge in [0.1, 0.15) is 0 Å². The predicted octanol–water partition coefficient (Wildman–Crippen LogP) is -0.411. The number of hydrogen-bond donors (Lipinski definition) is 1. The largest absolute Gasteiger partial charge is 0.448 e. The lowest BCUT2D eigenvalue weighted by molar-refractivity contribution is -0.149. The summed E-state index contributed by atoms with van der Waals surface area (Å²) in [5.74, 6) is -1.27. The van der Waals surface area contributed by atoms with Crippen LogP contribution < -0.4 is 5.73 Å². The molecule has 0 spiro atoms. The van der Waals surface area contributed by atoms with E-state index in [0.717, 1.165) is 0 Å². The number of primary amides is 1. The van der Waals surface area contributed by atoms with Crippen molar-refractivity contribution in [3.05, 3.63) is 12.7 Å². The molecule has 0 aliphatic carbocycles. The Hall–Kier alpha value is -1.32. The minimum atomic E-state index is -1.00. The molecule has 0 aromatic heterocycles. The molecule has 2 N–H and O–H groups in total. The maximum Gasteiger partial charge on any atom is 0.303 e. The third kappa shape index (κ3) is 2.86. The molecule has 0 aromatic rings. The molecule has 0 aliphatic heterocycles. The Balaban J connectivity index is 3.96. The molecule has 0 rings (SSSR count). The van der Waals surface area contributed by atoms with Gasteiger partial charge in [0.15, 0.2) is 6.10 Å². The maximum atomic E-state index is 10.3. The van der Waals surface area contributed by atoms with Crippen molar-refractivity contribution >= 4 is 11.9 Å². The molecule has 4 heteroatoms. The summed E-state index contributed by atoms with van der Waals surface area (Å²) in [5.41, 5.74) is 4.81. The molecule has 10 heavy (non-hydrogen) atoms. The Kier molecular flexibility index (Phi) is 3.17. The average Bonchev–Trinajstić information content (AvgIpc) is 1.81. The molecule has 0 heterocycles. The van der Waals surface area contributed by atoms with Crippen LogP contribution in [0.1, 0.15) is 6.92 Å². The van der Waals surface area contributed by atoms with E-state index >= 15 is 0 Å². The van der Waals surface area contributed by atoms with Gasteiger partial charge >= 0.3 is 5.97 Å². The number of carbonyl (C=O) groups is 2. The first-order valence-corrected chi connectivity index (χ1v) is 2.67. The molecule has 0 aromatic carbocycles. The number of hydrogen-bond acceptors (Lipinski definition) is 3. The van der Waals surface area contributed by atoms with Crippen molar-refractivity contribution in [2.45, 2.75) is 13.0 Å². The number of nitrogens with two attached hydrogens (primary N) is 1. The highest BCUT2D eigenvalue weighted by Gasteiger charge is 2.12. The Labute approximate surface area is 58.7 Å². The van der Waals surface area contributed by atoms with Crippen LogP contribution in [0.2, 0.25) is 0 Å². The molecule has 0 aliphatic rings. The van der Waals surface area contributed by atoms with Crippen molar-refractivity contribution in [1.29, 1.82) is 0 Å². The minimum absolute atomic E-state index is 0.552. The first-order chi connectivity index (χ1) is 4.57. The molecule has 0 radical (unpaired) electrons. The van der Waals surface area contributed by atoms with E-state index in [2.05, 4.69) is 11.3 Å². The summed E-state index contributed by atoms with van der Waals surface area (Å²) >= 11 is 0. The lowest BCUT2D eigenvalue weighted by atomic mass is 10.3. The maximum absolute atomic E-state index is 10.3. The third-order valence-corrected chi connectivity index (χ3v) is 0.787. The van der Waals surface area contributed by atoms with E-state index in [0.29, 0.717) is 0 Å². The van der Waals surface area contributed by atoms with Gasteiger partial charge in [0, 0.05) is 6.92 Å². The van der Waals surface area contributed by atoms with Crippen molar-refractivity contribution in [1.82, 2.24) is 0 Å². The zero-order chi connectivity index (χ0) is 8.15. The fourth-order valence-electron chi connectivity index (χ4n) is 0.401. The van der Waals surface area contributed by atoms with Gasteiger partial charge in [-0.25, -0.2) is 0 Å². The highest BCUT2D eigenvalue weighted by atomic mass is 16.5. The summed E-state index contributed by atoms with van der Waals surface area (Å²) in [7, 11) is 0. The number of esters is 1. The lowest BCUT2D eigenvalue weighted by Crippen LogP contribution is -2.30. The van der Waals surface area contributed by atoms with Crippen molar-refractivity contribution in [3.8, 4) is 0 Å². The van der Waals surface area contributed by atoms with Gasteiger partial charge in [0.05, 0.1) is 0 Å². The number of carbonyl (C=O) groups excluding carboxylic acids is 2.